The largest absolute Gasteiger partial charge is 0.378 e. The molecule has 2 fully saturated rings. The van der Waals surface area contributed by atoms with Gasteiger partial charge in [0.05, 0.1) is 29.9 Å². The van der Waals surface area contributed by atoms with Gasteiger partial charge < -0.3 is 14.5 Å². The van der Waals surface area contributed by atoms with Gasteiger partial charge in [-0.05, 0) is 63.4 Å². The molecule has 1 aromatic carbocycles. The number of anilines is 2. The lowest BCUT2D eigenvalue weighted by atomic mass is 10.1. The standard InChI is InChI=1S/C27H32N6O/c1-19-17-32(18-20(2)30(19)3)26-10-7-21(16-28-26)24-5-4-6-27-29-23-9-8-22(15-25(23)33(24)27)31-11-13-34-14-12-31/h4-10,15-16,19-20H,11-14,17-18H2,1-3H3/t19-,20+. The van der Waals surface area contributed by atoms with Crippen LogP contribution in [-0.4, -0.2) is 77.8 Å². The maximum Gasteiger partial charge on any atom is 0.138 e. The average Bonchev–Trinajstić information content (AvgIpc) is 3.26. The second-order valence-electron chi connectivity index (χ2n) is 9.66. The van der Waals surface area contributed by atoms with E-state index in [1.54, 1.807) is 0 Å². The van der Waals surface area contributed by atoms with E-state index in [0.29, 0.717) is 12.1 Å². The predicted octanol–water partition coefficient (Wildman–Crippen LogP) is 3.91. The van der Waals surface area contributed by atoms with E-state index in [0.717, 1.165) is 73.1 Å². The summed E-state index contributed by atoms with van der Waals surface area (Å²) in [6.45, 7) is 9.96. The van der Waals surface area contributed by atoms with Gasteiger partial charge in [0.2, 0.25) is 0 Å². The molecule has 2 saturated heterocycles. The molecule has 0 saturated carbocycles. The summed E-state index contributed by atoms with van der Waals surface area (Å²) in [5.41, 5.74) is 6.52. The molecule has 0 N–H and O–H groups in total. The van der Waals surface area contributed by atoms with Crippen LogP contribution in [0.5, 0.6) is 0 Å². The highest BCUT2D eigenvalue weighted by atomic mass is 16.5. The van der Waals surface area contributed by atoms with Crippen molar-refractivity contribution in [1.82, 2.24) is 19.3 Å². The van der Waals surface area contributed by atoms with Crippen LogP contribution in [0.25, 0.3) is 27.9 Å². The first kappa shape index (κ1) is 21.4. The molecule has 0 bridgehead atoms. The van der Waals surface area contributed by atoms with E-state index in [1.807, 2.05) is 6.20 Å². The van der Waals surface area contributed by atoms with E-state index in [1.165, 1.54) is 5.69 Å². The zero-order valence-corrected chi connectivity index (χ0v) is 20.2. The molecule has 7 heteroatoms. The molecular formula is C27H32N6O. The molecular weight excluding hydrogens is 424 g/mol. The van der Waals surface area contributed by atoms with E-state index in [4.69, 9.17) is 14.7 Å². The van der Waals surface area contributed by atoms with Crippen LogP contribution in [-0.2, 0) is 4.74 Å². The Hall–Kier alpha value is -3.16. The lowest BCUT2D eigenvalue weighted by Crippen LogP contribution is -2.55. The number of pyridine rings is 2. The third kappa shape index (κ3) is 3.69. The Kier molecular flexibility index (Phi) is 5.38. The van der Waals surface area contributed by atoms with Crippen LogP contribution in [0, 0.1) is 0 Å². The minimum Gasteiger partial charge on any atom is -0.378 e. The van der Waals surface area contributed by atoms with E-state index in [9.17, 15) is 0 Å². The quantitative estimate of drug-likeness (QED) is 0.466. The van der Waals surface area contributed by atoms with Gasteiger partial charge in [0.15, 0.2) is 0 Å². The Morgan fingerprint density at radius 1 is 0.912 bits per heavy atom. The Balaban J connectivity index is 1.37. The summed E-state index contributed by atoms with van der Waals surface area (Å²) in [6, 6.07) is 18.3. The normalized spacial score (nSPS) is 22.1. The summed E-state index contributed by atoms with van der Waals surface area (Å²) >= 11 is 0. The highest BCUT2D eigenvalue weighted by molar-refractivity contribution is 5.86. The molecule has 7 nitrogen and oxygen atoms in total. The first-order valence-electron chi connectivity index (χ1n) is 12.3. The molecule has 0 unspecified atom stereocenters. The number of fused-ring (bicyclic) bond motifs is 3. The minimum absolute atomic E-state index is 0.511. The zero-order valence-electron chi connectivity index (χ0n) is 20.2. The molecule has 2 aliphatic rings. The van der Waals surface area contributed by atoms with Crippen molar-refractivity contribution < 1.29 is 4.74 Å². The van der Waals surface area contributed by atoms with Gasteiger partial charge in [-0.25, -0.2) is 9.97 Å². The van der Waals surface area contributed by atoms with Gasteiger partial charge in [0.25, 0.3) is 0 Å². The minimum atomic E-state index is 0.511. The summed E-state index contributed by atoms with van der Waals surface area (Å²) in [4.78, 5) is 17.0. The third-order valence-electron chi connectivity index (χ3n) is 7.51. The van der Waals surface area contributed by atoms with E-state index in [-0.39, 0.29) is 0 Å². The third-order valence-corrected chi connectivity index (χ3v) is 7.51. The number of nitrogens with zero attached hydrogens (tertiary/aromatic N) is 6. The Labute approximate surface area is 200 Å². The smallest absolute Gasteiger partial charge is 0.138 e. The van der Waals surface area contributed by atoms with Gasteiger partial charge in [-0.15, -0.1) is 0 Å². The van der Waals surface area contributed by atoms with Crippen LogP contribution in [0.15, 0.2) is 54.7 Å². The van der Waals surface area contributed by atoms with Crippen molar-refractivity contribution in [3.8, 4) is 11.3 Å². The number of morpholine rings is 1. The molecule has 0 aliphatic carbocycles. The van der Waals surface area contributed by atoms with Crippen LogP contribution in [0.3, 0.4) is 0 Å². The number of hydrogen-bond acceptors (Lipinski definition) is 6. The van der Waals surface area contributed by atoms with Gasteiger partial charge in [0.1, 0.15) is 11.5 Å². The number of benzene rings is 1. The zero-order chi connectivity index (χ0) is 23.2. The lowest BCUT2D eigenvalue weighted by Gasteiger charge is -2.43. The van der Waals surface area contributed by atoms with Crippen LogP contribution in [0.2, 0.25) is 0 Å². The second-order valence-corrected chi connectivity index (χ2v) is 9.66. The summed E-state index contributed by atoms with van der Waals surface area (Å²) in [6.07, 6.45) is 2.01. The Morgan fingerprint density at radius 3 is 2.44 bits per heavy atom. The number of rotatable bonds is 3. The molecule has 2 atom stereocenters. The fourth-order valence-corrected chi connectivity index (χ4v) is 5.31. The van der Waals surface area contributed by atoms with Gasteiger partial charge in [-0.3, -0.25) is 9.30 Å². The molecule has 0 amide bonds. The number of piperazine rings is 1. The van der Waals surface area contributed by atoms with Crippen molar-refractivity contribution in [3.63, 3.8) is 0 Å². The number of ether oxygens (including phenoxy) is 1. The summed E-state index contributed by atoms with van der Waals surface area (Å²) in [5.74, 6) is 1.05. The number of hydrogen-bond donors (Lipinski definition) is 0. The van der Waals surface area contributed by atoms with Crippen molar-refractivity contribution in [2.45, 2.75) is 25.9 Å². The molecule has 176 valence electrons. The molecule has 3 aromatic heterocycles. The van der Waals surface area contributed by atoms with Gasteiger partial charge in [-0.2, -0.15) is 0 Å². The highest BCUT2D eigenvalue weighted by Crippen LogP contribution is 2.30. The SMILES string of the molecule is C[C@@H]1CN(c2ccc(-c3cccc4nc5ccc(N6CCOCC6)cc5n34)cn2)C[C@H](C)N1C. The van der Waals surface area contributed by atoms with Crippen LogP contribution in [0.1, 0.15) is 13.8 Å². The fourth-order valence-electron chi connectivity index (χ4n) is 5.31. The first-order valence-corrected chi connectivity index (χ1v) is 12.3. The maximum atomic E-state index is 5.54. The summed E-state index contributed by atoms with van der Waals surface area (Å²) in [5, 5.41) is 0. The summed E-state index contributed by atoms with van der Waals surface area (Å²) in [7, 11) is 2.21. The Morgan fingerprint density at radius 2 is 1.71 bits per heavy atom. The first-order chi connectivity index (χ1) is 16.6. The second kappa shape index (κ2) is 8.56. The van der Waals surface area contributed by atoms with Crippen molar-refractivity contribution >= 4 is 28.2 Å². The Bertz CT molecular complexity index is 1300. The van der Waals surface area contributed by atoms with Crippen LogP contribution >= 0.6 is 0 Å². The maximum absolute atomic E-state index is 5.54. The van der Waals surface area contributed by atoms with Crippen molar-refractivity contribution in [1.29, 1.82) is 0 Å². The molecule has 2 aliphatic heterocycles. The van der Waals surface area contributed by atoms with Crippen LogP contribution < -0.4 is 9.80 Å². The van der Waals surface area contributed by atoms with Crippen molar-refractivity contribution in [2.24, 2.45) is 0 Å². The fraction of sp³-hybridized carbons (Fsp3) is 0.407. The topological polar surface area (TPSA) is 49.1 Å². The van der Waals surface area contributed by atoms with Gasteiger partial charge in [0, 0.05) is 55.7 Å². The highest BCUT2D eigenvalue weighted by Gasteiger charge is 2.27. The van der Waals surface area contributed by atoms with Crippen molar-refractivity contribution in [2.75, 3.05) is 56.2 Å². The molecule has 0 spiro atoms. The summed E-state index contributed by atoms with van der Waals surface area (Å²) < 4.78 is 7.80. The van der Waals surface area contributed by atoms with E-state index < -0.39 is 0 Å². The molecule has 34 heavy (non-hydrogen) atoms. The predicted molar refractivity (Wildman–Crippen MR) is 138 cm³/mol. The lowest BCUT2D eigenvalue weighted by molar-refractivity contribution is 0.122. The molecule has 4 aromatic rings. The molecule has 6 rings (SSSR count). The molecule has 5 heterocycles. The monoisotopic (exact) mass is 456 g/mol. The number of aromatic nitrogens is 3. The number of imidazole rings is 1. The van der Waals surface area contributed by atoms with Gasteiger partial charge >= 0.3 is 0 Å². The van der Waals surface area contributed by atoms with Crippen LogP contribution in [0.4, 0.5) is 11.5 Å². The molecule has 0 radical (unpaired) electrons. The van der Waals surface area contributed by atoms with E-state index in [2.05, 4.69) is 88.5 Å². The van der Waals surface area contributed by atoms with Crippen molar-refractivity contribution in [3.05, 3.63) is 54.7 Å². The van der Waals surface area contributed by atoms with Gasteiger partial charge in [-0.1, -0.05) is 6.07 Å². The average molecular weight is 457 g/mol. The van der Waals surface area contributed by atoms with E-state index >= 15 is 0 Å². The number of likely N-dealkylation sites (N-methyl/N-ethyl adjacent to an activating group) is 1.